The number of hydrogen-bond acceptors (Lipinski definition) is 5. The lowest BCUT2D eigenvalue weighted by molar-refractivity contribution is 0.303. The van der Waals surface area contributed by atoms with Crippen molar-refractivity contribution < 1.29 is 14.6 Å². The quantitative estimate of drug-likeness (QED) is 0.557. The molecule has 2 aromatic carbocycles. The molecule has 0 aliphatic rings. The normalized spacial score (nSPS) is 10.8. The van der Waals surface area contributed by atoms with Gasteiger partial charge in [0.15, 0.2) is 11.5 Å². The van der Waals surface area contributed by atoms with Crippen LogP contribution >= 0.6 is 0 Å². The fraction of sp³-hybridized carbons (Fsp3) is 0.350. The predicted octanol–water partition coefficient (Wildman–Crippen LogP) is 3.74. The van der Waals surface area contributed by atoms with Gasteiger partial charge < -0.3 is 19.5 Å². The molecule has 0 atom stereocenters. The highest BCUT2D eigenvalue weighted by Gasteiger charge is 2.05. The second-order valence-electron chi connectivity index (χ2n) is 5.45. The van der Waals surface area contributed by atoms with Gasteiger partial charge in [0.05, 0.1) is 13.7 Å². The third-order valence-electron chi connectivity index (χ3n) is 3.92. The van der Waals surface area contributed by atoms with Crippen molar-refractivity contribution in [3.63, 3.8) is 0 Å². The van der Waals surface area contributed by atoms with Crippen molar-refractivity contribution in [3.05, 3.63) is 48.0 Å². The van der Waals surface area contributed by atoms with E-state index in [1.54, 1.807) is 19.4 Å². The molecule has 2 aromatic rings. The van der Waals surface area contributed by atoms with E-state index in [9.17, 15) is 5.11 Å². The molecule has 0 aromatic heterocycles. The number of methoxy groups -OCH3 is 1. The maximum Gasteiger partial charge on any atom is 0.161 e. The third kappa shape index (κ3) is 5.14. The van der Waals surface area contributed by atoms with Gasteiger partial charge in [0, 0.05) is 36.6 Å². The summed E-state index contributed by atoms with van der Waals surface area (Å²) in [5, 5.41) is 10.2. The van der Waals surface area contributed by atoms with Crippen molar-refractivity contribution in [2.24, 2.45) is 4.99 Å². The molecule has 0 fully saturated rings. The van der Waals surface area contributed by atoms with Crippen LogP contribution in [0.1, 0.15) is 19.4 Å². The van der Waals surface area contributed by atoms with Gasteiger partial charge in [-0.05, 0) is 38.1 Å². The zero-order chi connectivity index (χ0) is 18.1. The van der Waals surface area contributed by atoms with E-state index in [0.717, 1.165) is 18.8 Å². The summed E-state index contributed by atoms with van der Waals surface area (Å²) in [6.07, 6.45) is 1.67. The Balaban J connectivity index is 1.89. The van der Waals surface area contributed by atoms with E-state index in [1.165, 1.54) is 0 Å². The van der Waals surface area contributed by atoms with E-state index in [-0.39, 0.29) is 5.75 Å². The zero-order valence-electron chi connectivity index (χ0n) is 15.1. The van der Waals surface area contributed by atoms with Crippen LogP contribution in [0.25, 0.3) is 0 Å². The molecule has 0 amide bonds. The number of phenols is 1. The molecule has 5 heteroatoms. The molecular formula is C20H26N2O3. The molecule has 1 N–H and O–H groups in total. The Bertz CT molecular complexity index is 697. The van der Waals surface area contributed by atoms with Crippen molar-refractivity contribution in [2.75, 3.05) is 38.3 Å². The van der Waals surface area contributed by atoms with Crippen LogP contribution in [0.4, 0.5) is 5.69 Å². The summed E-state index contributed by atoms with van der Waals surface area (Å²) in [5.41, 5.74) is 1.72. The molecule has 0 saturated heterocycles. The van der Waals surface area contributed by atoms with Crippen LogP contribution in [0, 0.1) is 0 Å². The van der Waals surface area contributed by atoms with Crippen molar-refractivity contribution in [3.8, 4) is 17.2 Å². The van der Waals surface area contributed by atoms with E-state index in [0.29, 0.717) is 30.2 Å². The molecular weight excluding hydrogens is 316 g/mol. The highest BCUT2D eigenvalue weighted by molar-refractivity contribution is 5.84. The SMILES string of the molecule is CCN(CC)c1ccc(C=NCCOc2ccccc2OC)c(O)c1. The van der Waals surface area contributed by atoms with Crippen molar-refractivity contribution >= 4 is 11.9 Å². The van der Waals surface area contributed by atoms with Crippen LogP contribution in [-0.4, -0.2) is 44.7 Å². The van der Waals surface area contributed by atoms with Gasteiger partial charge in [-0.25, -0.2) is 0 Å². The van der Waals surface area contributed by atoms with Crippen LogP contribution in [0.3, 0.4) is 0 Å². The van der Waals surface area contributed by atoms with Crippen molar-refractivity contribution in [1.29, 1.82) is 0 Å². The molecule has 0 spiro atoms. The van der Waals surface area contributed by atoms with Crippen molar-refractivity contribution in [2.45, 2.75) is 13.8 Å². The number of aromatic hydroxyl groups is 1. The summed E-state index contributed by atoms with van der Waals surface area (Å²) >= 11 is 0. The van der Waals surface area contributed by atoms with E-state index >= 15 is 0 Å². The molecule has 5 nitrogen and oxygen atoms in total. The first-order valence-electron chi connectivity index (χ1n) is 8.53. The fourth-order valence-corrected chi connectivity index (χ4v) is 2.54. The van der Waals surface area contributed by atoms with Gasteiger partial charge in [-0.15, -0.1) is 0 Å². The zero-order valence-corrected chi connectivity index (χ0v) is 15.1. The van der Waals surface area contributed by atoms with Gasteiger partial charge in [0.2, 0.25) is 0 Å². The standard InChI is InChI=1S/C20H26N2O3/c1-4-22(5-2)17-11-10-16(18(23)14-17)15-21-12-13-25-20-9-7-6-8-19(20)24-3/h6-11,14-15,23H,4-5,12-13H2,1-3H3. The first-order chi connectivity index (χ1) is 12.2. The summed E-state index contributed by atoms with van der Waals surface area (Å²) in [4.78, 5) is 6.51. The number of anilines is 1. The highest BCUT2D eigenvalue weighted by atomic mass is 16.5. The topological polar surface area (TPSA) is 54.3 Å². The Morgan fingerprint density at radius 3 is 2.44 bits per heavy atom. The monoisotopic (exact) mass is 342 g/mol. The summed E-state index contributed by atoms with van der Waals surface area (Å²) in [7, 11) is 1.62. The minimum Gasteiger partial charge on any atom is -0.507 e. The molecule has 0 aliphatic heterocycles. The van der Waals surface area contributed by atoms with Gasteiger partial charge in [-0.3, -0.25) is 4.99 Å². The Kier molecular flexibility index (Phi) is 7.14. The summed E-state index contributed by atoms with van der Waals surface area (Å²) in [6, 6.07) is 13.2. The van der Waals surface area contributed by atoms with Gasteiger partial charge in [0.1, 0.15) is 12.4 Å². The van der Waals surface area contributed by atoms with Crippen LogP contribution in [0.15, 0.2) is 47.5 Å². The van der Waals surface area contributed by atoms with Gasteiger partial charge in [0.25, 0.3) is 0 Å². The number of benzene rings is 2. The summed E-state index contributed by atoms with van der Waals surface area (Å²) in [5.74, 6) is 1.64. The molecule has 0 aliphatic carbocycles. The molecule has 134 valence electrons. The van der Waals surface area contributed by atoms with E-state index < -0.39 is 0 Å². The Labute approximate surface area is 149 Å². The van der Waals surface area contributed by atoms with E-state index in [2.05, 4.69) is 23.7 Å². The number of hydrogen-bond donors (Lipinski definition) is 1. The molecule has 0 bridgehead atoms. The van der Waals surface area contributed by atoms with E-state index in [4.69, 9.17) is 9.47 Å². The maximum atomic E-state index is 10.2. The summed E-state index contributed by atoms with van der Waals surface area (Å²) < 4.78 is 10.9. The number of para-hydroxylation sites is 2. The first kappa shape index (κ1) is 18.6. The second-order valence-corrected chi connectivity index (χ2v) is 5.45. The Morgan fingerprint density at radius 2 is 1.80 bits per heavy atom. The lowest BCUT2D eigenvalue weighted by atomic mass is 10.2. The van der Waals surface area contributed by atoms with E-state index in [1.807, 2.05) is 36.4 Å². The number of ether oxygens (including phenoxy) is 2. The highest BCUT2D eigenvalue weighted by Crippen LogP contribution is 2.26. The van der Waals surface area contributed by atoms with Crippen LogP contribution in [0.5, 0.6) is 17.2 Å². The van der Waals surface area contributed by atoms with Crippen LogP contribution in [0.2, 0.25) is 0 Å². The van der Waals surface area contributed by atoms with Crippen LogP contribution < -0.4 is 14.4 Å². The first-order valence-corrected chi connectivity index (χ1v) is 8.53. The van der Waals surface area contributed by atoms with Crippen LogP contribution in [-0.2, 0) is 0 Å². The third-order valence-corrected chi connectivity index (χ3v) is 3.92. The molecule has 0 saturated carbocycles. The average molecular weight is 342 g/mol. The molecule has 0 heterocycles. The Morgan fingerprint density at radius 1 is 1.08 bits per heavy atom. The largest absolute Gasteiger partial charge is 0.507 e. The summed E-state index contributed by atoms with van der Waals surface area (Å²) in [6.45, 7) is 6.94. The molecule has 2 rings (SSSR count). The van der Waals surface area contributed by atoms with Gasteiger partial charge in [-0.1, -0.05) is 12.1 Å². The number of nitrogens with zero attached hydrogens (tertiary/aromatic N) is 2. The van der Waals surface area contributed by atoms with Crippen molar-refractivity contribution in [1.82, 2.24) is 0 Å². The Hall–Kier alpha value is -2.69. The molecule has 0 radical (unpaired) electrons. The minimum atomic E-state index is 0.235. The lowest BCUT2D eigenvalue weighted by Gasteiger charge is -2.21. The fourth-order valence-electron chi connectivity index (χ4n) is 2.54. The maximum absolute atomic E-state index is 10.2. The number of phenolic OH excluding ortho intramolecular Hbond substituents is 1. The number of aliphatic imine (C=N–C) groups is 1. The van der Waals surface area contributed by atoms with Gasteiger partial charge >= 0.3 is 0 Å². The smallest absolute Gasteiger partial charge is 0.161 e. The minimum absolute atomic E-state index is 0.235. The second kappa shape index (κ2) is 9.57. The van der Waals surface area contributed by atoms with Gasteiger partial charge in [-0.2, -0.15) is 0 Å². The molecule has 25 heavy (non-hydrogen) atoms. The average Bonchev–Trinajstić information content (AvgIpc) is 2.64. The lowest BCUT2D eigenvalue weighted by Crippen LogP contribution is -2.21. The predicted molar refractivity (Wildman–Crippen MR) is 103 cm³/mol. The number of rotatable bonds is 9. The molecule has 0 unspecified atom stereocenters.